The highest BCUT2D eigenvalue weighted by Gasteiger charge is 2.12. The minimum Gasteiger partial charge on any atom is -0.494 e. The molecule has 0 saturated carbocycles. The first-order chi connectivity index (χ1) is 11.2. The number of benzene rings is 1. The molecule has 6 heteroatoms. The zero-order chi connectivity index (χ0) is 16.5. The van der Waals surface area contributed by atoms with Gasteiger partial charge in [0.1, 0.15) is 5.75 Å². The molecule has 2 aromatic rings. The van der Waals surface area contributed by atoms with E-state index in [1.165, 1.54) is 0 Å². The molecule has 120 valence electrons. The van der Waals surface area contributed by atoms with Crippen molar-refractivity contribution in [3.63, 3.8) is 0 Å². The summed E-state index contributed by atoms with van der Waals surface area (Å²) < 4.78 is 5.34. The van der Waals surface area contributed by atoms with Gasteiger partial charge in [0.25, 0.3) is 0 Å². The number of pyridine rings is 1. The molecule has 1 heterocycles. The van der Waals surface area contributed by atoms with Gasteiger partial charge in [0, 0.05) is 25.5 Å². The molecule has 0 aliphatic rings. The summed E-state index contributed by atoms with van der Waals surface area (Å²) in [6.07, 6.45) is 3.26. The average Bonchev–Trinajstić information content (AvgIpc) is 2.60. The summed E-state index contributed by atoms with van der Waals surface area (Å²) >= 11 is 0. The lowest BCUT2D eigenvalue weighted by molar-refractivity contribution is -0.139. The predicted octanol–water partition coefficient (Wildman–Crippen LogP) is 1.41. The fraction of sp³-hybridized carbons (Fsp3) is 0.235. The van der Waals surface area contributed by atoms with Crippen molar-refractivity contribution >= 4 is 11.8 Å². The first-order valence-electron chi connectivity index (χ1n) is 7.35. The van der Waals surface area contributed by atoms with Crippen LogP contribution in [-0.2, 0) is 22.7 Å². The van der Waals surface area contributed by atoms with E-state index in [9.17, 15) is 9.59 Å². The van der Waals surface area contributed by atoms with E-state index in [-0.39, 0.29) is 13.1 Å². The summed E-state index contributed by atoms with van der Waals surface area (Å²) in [6.45, 7) is 3.10. The Morgan fingerprint density at radius 1 is 0.913 bits per heavy atom. The molecule has 0 unspecified atom stereocenters. The third-order valence-corrected chi connectivity index (χ3v) is 3.10. The van der Waals surface area contributed by atoms with Crippen molar-refractivity contribution in [2.75, 3.05) is 6.61 Å². The van der Waals surface area contributed by atoms with E-state index in [4.69, 9.17) is 4.74 Å². The Hall–Kier alpha value is -2.89. The molecule has 2 rings (SSSR count). The van der Waals surface area contributed by atoms with Crippen LogP contribution in [-0.4, -0.2) is 23.4 Å². The van der Waals surface area contributed by atoms with Gasteiger partial charge >= 0.3 is 11.8 Å². The van der Waals surface area contributed by atoms with Crippen LogP contribution in [0.5, 0.6) is 5.75 Å². The second kappa shape index (κ2) is 8.53. The van der Waals surface area contributed by atoms with Crippen LogP contribution >= 0.6 is 0 Å². The van der Waals surface area contributed by atoms with E-state index in [0.717, 1.165) is 16.9 Å². The van der Waals surface area contributed by atoms with Crippen LogP contribution in [0.25, 0.3) is 0 Å². The number of rotatable bonds is 6. The summed E-state index contributed by atoms with van der Waals surface area (Å²) in [5.74, 6) is -0.543. The molecular formula is C17H19N3O3. The van der Waals surface area contributed by atoms with Crippen LogP contribution in [0.3, 0.4) is 0 Å². The number of carbonyl (C=O) groups is 2. The molecule has 6 nitrogen and oxygen atoms in total. The topological polar surface area (TPSA) is 80.3 Å². The van der Waals surface area contributed by atoms with Gasteiger partial charge in [-0.05, 0) is 42.3 Å². The monoisotopic (exact) mass is 313 g/mol. The summed E-state index contributed by atoms with van der Waals surface area (Å²) in [7, 11) is 0. The number of nitrogens with one attached hydrogen (secondary N) is 2. The molecule has 23 heavy (non-hydrogen) atoms. The normalized spacial score (nSPS) is 9.96. The first-order valence-corrected chi connectivity index (χ1v) is 7.35. The van der Waals surface area contributed by atoms with Crippen LogP contribution in [0.1, 0.15) is 18.1 Å². The maximum Gasteiger partial charge on any atom is 0.309 e. The molecule has 0 atom stereocenters. The predicted molar refractivity (Wildman–Crippen MR) is 85.5 cm³/mol. The molecule has 0 aliphatic carbocycles. The number of carbonyl (C=O) groups excluding carboxylic acids is 2. The van der Waals surface area contributed by atoms with E-state index < -0.39 is 11.8 Å². The van der Waals surface area contributed by atoms with Crippen molar-refractivity contribution in [3.8, 4) is 5.75 Å². The van der Waals surface area contributed by atoms with Gasteiger partial charge in [0.05, 0.1) is 6.61 Å². The van der Waals surface area contributed by atoms with Crippen molar-refractivity contribution in [2.45, 2.75) is 20.0 Å². The third-order valence-electron chi connectivity index (χ3n) is 3.10. The first kappa shape index (κ1) is 16.5. The maximum absolute atomic E-state index is 11.7. The molecule has 0 radical (unpaired) electrons. The molecule has 0 bridgehead atoms. The van der Waals surface area contributed by atoms with Gasteiger partial charge in [-0.15, -0.1) is 0 Å². The van der Waals surface area contributed by atoms with E-state index in [1.807, 2.05) is 31.2 Å². The average molecular weight is 313 g/mol. The second-order valence-electron chi connectivity index (χ2n) is 4.80. The summed E-state index contributed by atoms with van der Waals surface area (Å²) in [5.41, 5.74) is 1.77. The van der Waals surface area contributed by atoms with Crippen LogP contribution < -0.4 is 15.4 Å². The molecule has 0 aliphatic heterocycles. The van der Waals surface area contributed by atoms with E-state index in [0.29, 0.717) is 6.61 Å². The van der Waals surface area contributed by atoms with Gasteiger partial charge in [-0.2, -0.15) is 0 Å². The Morgan fingerprint density at radius 2 is 1.43 bits per heavy atom. The highest BCUT2D eigenvalue weighted by molar-refractivity contribution is 6.35. The molecule has 0 fully saturated rings. The Kier molecular flexibility index (Phi) is 6.11. The van der Waals surface area contributed by atoms with Gasteiger partial charge in [0.15, 0.2) is 0 Å². The lowest BCUT2D eigenvalue weighted by Gasteiger charge is -2.08. The fourth-order valence-electron chi connectivity index (χ4n) is 1.90. The summed E-state index contributed by atoms with van der Waals surface area (Å²) in [4.78, 5) is 27.4. The number of aromatic nitrogens is 1. The third kappa shape index (κ3) is 5.43. The van der Waals surface area contributed by atoms with Crippen molar-refractivity contribution in [2.24, 2.45) is 0 Å². The van der Waals surface area contributed by atoms with Crippen LogP contribution in [0.4, 0.5) is 0 Å². The van der Waals surface area contributed by atoms with E-state index in [1.54, 1.807) is 24.5 Å². The van der Waals surface area contributed by atoms with Crippen molar-refractivity contribution in [3.05, 3.63) is 59.9 Å². The van der Waals surface area contributed by atoms with Crippen LogP contribution in [0.2, 0.25) is 0 Å². The van der Waals surface area contributed by atoms with Gasteiger partial charge in [-0.1, -0.05) is 12.1 Å². The van der Waals surface area contributed by atoms with Gasteiger partial charge < -0.3 is 15.4 Å². The minimum atomic E-state index is -0.659. The number of nitrogens with zero attached hydrogens (tertiary/aromatic N) is 1. The zero-order valence-electron chi connectivity index (χ0n) is 12.9. The Labute approximate surface area is 134 Å². The summed E-state index contributed by atoms with van der Waals surface area (Å²) in [5, 5.41) is 5.14. The zero-order valence-corrected chi connectivity index (χ0v) is 12.9. The van der Waals surface area contributed by atoms with Gasteiger partial charge in [-0.25, -0.2) is 0 Å². The minimum absolute atomic E-state index is 0.286. The van der Waals surface area contributed by atoms with Crippen molar-refractivity contribution in [1.82, 2.24) is 15.6 Å². The van der Waals surface area contributed by atoms with Crippen LogP contribution in [0, 0.1) is 0 Å². The second-order valence-corrected chi connectivity index (χ2v) is 4.80. The fourth-order valence-corrected chi connectivity index (χ4v) is 1.90. The van der Waals surface area contributed by atoms with Crippen molar-refractivity contribution < 1.29 is 14.3 Å². The SMILES string of the molecule is CCOc1ccc(CNC(=O)C(=O)NCc2ccncc2)cc1. The standard InChI is InChI=1S/C17H19N3O3/c1-2-23-15-5-3-13(4-6-15)11-19-16(21)17(22)20-12-14-7-9-18-10-8-14/h3-10H,2,11-12H2,1H3,(H,19,21)(H,20,22). The highest BCUT2D eigenvalue weighted by atomic mass is 16.5. The molecular weight excluding hydrogens is 294 g/mol. The maximum atomic E-state index is 11.7. The molecule has 1 aromatic heterocycles. The Balaban J connectivity index is 1.76. The molecule has 2 N–H and O–H groups in total. The van der Waals surface area contributed by atoms with Crippen molar-refractivity contribution in [1.29, 1.82) is 0 Å². The number of hydrogen-bond donors (Lipinski definition) is 2. The lowest BCUT2D eigenvalue weighted by atomic mass is 10.2. The lowest BCUT2D eigenvalue weighted by Crippen LogP contribution is -2.39. The molecule has 1 aromatic carbocycles. The largest absolute Gasteiger partial charge is 0.494 e. The quantitative estimate of drug-likeness (QED) is 0.790. The summed E-state index contributed by atoms with van der Waals surface area (Å²) in [6, 6.07) is 10.9. The smallest absolute Gasteiger partial charge is 0.309 e. The number of hydrogen-bond acceptors (Lipinski definition) is 4. The van der Waals surface area contributed by atoms with Crippen LogP contribution in [0.15, 0.2) is 48.8 Å². The Bertz CT molecular complexity index is 642. The molecule has 2 amide bonds. The van der Waals surface area contributed by atoms with E-state index >= 15 is 0 Å². The molecule has 0 spiro atoms. The Morgan fingerprint density at radius 3 is 1.96 bits per heavy atom. The van der Waals surface area contributed by atoms with Gasteiger partial charge in [0.2, 0.25) is 0 Å². The van der Waals surface area contributed by atoms with Gasteiger partial charge in [-0.3, -0.25) is 14.6 Å². The molecule has 0 saturated heterocycles. The number of ether oxygens (including phenoxy) is 1. The highest BCUT2D eigenvalue weighted by Crippen LogP contribution is 2.11. The number of amides is 2. The van der Waals surface area contributed by atoms with E-state index in [2.05, 4.69) is 15.6 Å².